The fourth-order valence-electron chi connectivity index (χ4n) is 4.53. The van der Waals surface area contributed by atoms with Gasteiger partial charge in [0, 0.05) is 24.2 Å². The Morgan fingerprint density at radius 1 is 0.931 bits per heavy atom. The van der Waals surface area contributed by atoms with Gasteiger partial charge < -0.3 is 20.7 Å². The van der Waals surface area contributed by atoms with E-state index in [9.17, 15) is 9.59 Å². The fourth-order valence-corrected chi connectivity index (χ4v) is 4.53. The molecule has 0 atom stereocenters. The first-order valence-electron chi connectivity index (χ1n) is 10.1. The van der Waals surface area contributed by atoms with Crippen LogP contribution < -0.4 is 20.7 Å². The van der Waals surface area contributed by atoms with Crippen molar-refractivity contribution in [1.29, 1.82) is 0 Å². The third-order valence-electron chi connectivity index (χ3n) is 6.04. The van der Waals surface area contributed by atoms with Crippen molar-refractivity contribution >= 4 is 11.9 Å². The van der Waals surface area contributed by atoms with E-state index in [2.05, 4.69) is 16.0 Å². The summed E-state index contributed by atoms with van der Waals surface area (Å²) in [6.07, 6.45) is 3.97. The molecule has 6 heteroatoms. The van der Waals surface area contributed by atoms with Gasteiger partial charge in [-0.25, -0.2) is 4.79 Å². The van der Waals surface area contributed by atoms with E-state index in [4.69, 9.17) is 4.74 Å². The van der Waals surface area contributed by atoms with E-state index in [0.717, 1.165) is 37.0 Å². The lowest BCUT2D eigenvalue weighted by Gasteiger charge is -2.57. The van der Waals surface area contributed by atoms with Crippen LogP contribution in [0.25, 0.3) is 0 Å². The molecule has 3 amide bonds. The summed E-state index contributed by atoms with van der Waals surface area (Å²) in [5.74, 6) is 0.800. The quantitative estimate of drug-likeness (QED) is 0.705. The lowest BCUT2D eigenvalue weighted by Crippen LogP contribution is -2.61. The molecule has 0 radical (unpaired) electrons. The summed E-state index contributed by atoms with van der Waals surface area (Å²) in [6, 6.07) is 17.3. The van der Waals surface area contributed by atoms with Gasteiger partial charge in [0.15, 0.2) is 0 Å². The maximum Gasteiger partial charge on any atom is 0.315 e. The monoisotopic (exact) mass is 393 g/mol. The molecule has 2 fully saturated rings. The van der Waals surface area contributed by atoms with Gasteiger partial charge in [0.05, 0.1) is 7.11 Å². The van der Waals surface area contributed by atoms with Crippen LogP contribution in [0.4, 0.5) is 4.79 Å². The zero-order chi connectivity index (χ0) is 20.3. The second-order valence-corrected chi connectivity index (χ2v) is 8.22. The van der Waals surface area contributed by atoms with Crippen molar-refractivity contribution in [1.82, 2.24) is 16.0 Å². The smallest absolute Gasteiger partial charge is 0.315 e. The molecular formula is C23H27N3O3. The molecule has 29 heavy (non-hydrogen) atoms. The van der Waals surface area contributed by atoms with Crippen LogP contribution in [0.3, 0.4) is 0 Å². The van der Waals surface area contributed by atoms with Crippen LogP contribution >= 0.6 is 0 Å². The van der Waals surface area contributed by atoms with E-state index in [-0.39, 0.29) is 24.0 Å². The number of urea groups is 1. The highest BCUT2D eigenvalue weighted by molar-refractivity contribution is 5.94. The molecule has 0 heterocycles. The Morgan fingerprint density at radius 2 is 1.55 bits per heavy atom. The number of benzene rings is 2. The molecule has 0 aromatic heterocycles. The minimum Gasteiger partial charge on any atom is -0.497 e. The maximum absolute atomic E-state index is 12.2. The second kappa shape index (κ2) is 8.15. The molecule has 0 unspecified atom stereocenters. The molecule has 2 aromatic rings. The molecule has 2 aliphatic carbocycles. The highest BCUT2D eigenvalue weighted by Gasteiger charge is 2.53. The number of nitrogens with one attached hydrogen (secondary N) is 3. The predicted octanol–water partition coefficient (Wildman–Crippen LogP) is 3.24. The van der Waals surface area contributed by atoms with E-state index in [1.165, 1.54) is 0 Å². The van der Waals surface area contributed by atoms with Crippen molar-refractivity contribution in [3.8, 4) is 5.75 Å². The predicted molar refractivity (Wildman–Crippen MR) is 111 cm³/mol. The number of methoxy groups -OCH3 is 1. The van der Waals surface area contributed by atoms with Gasteiger partial charge in [-0.15, -0.1) is 0 Å². The molecule has 6 nitrogen and oxygen atoms in total. The highest BCUT2D eigenvalue weighted by Crippen LogP contribution is 2.55. The summed E-state index contributed by atoms with van der Waals surface area (Å²) in [4.78, 5) is 24.3. The van der Waals surface area contributed by atoms with Crippen LogP contribution in [-0.4, -0.2) is 31.1 Å². The van der Waals surface area contributed by atoms with Crippen LogP contribution in [-0.2, 0) is 6.54 Å². The van der Waals surface area contributed by atoms with Gasteiger partial charge in [-0.3, -0.25) is 4.79 Å². The topological polar surface area (TPSA) is 79.5 Å². The number of rotatable bonds is 6. The standard InChI is InChI=1S/C23H27N3O3/c1-29-20-9-7-16(8-10-20)15-24-22(28)26-19-13-23(14-19)11-18(12-23)25-21(27)17-5-3-2-4-6-17/h2-10,18-19H,11-15H2,1H3,(H,25,27)(H2,24,26,28). The number of amides is 3. The largest absolute Gasteiger partial charge is 0.497 e. The molecule has 2 aromatic carbocycles. The van der Waals surface area contributed by atoms with E-state index in [1.54, 1.807) is 7.11 Å². The number of hydrogen-bond donors (Lipinski definition) is 3. The summed E-state index contributed by atoms with van der Waals surface area (Å²) in [5.41, 5.74) is 2.03. The molecule has 152 valence electrons. The minimum absolute atomic E-state index is 0.00245. The summed E-state index contributed by atoms with van der Waals surface area (Å²) in [7, 11) is 1.63. The average Bonchev–Trinajstić information content (AvgIpc) is 2.70. The van der Waals surface area contributed by atoms with Crippen molar-refractivity contribution in [2.75, 3.05) is 7.11 Å². The summed E-state index contributed by atoms with van der Waals surface area (Å²) in [5, 5.41) is 9.07. The first kappa shape index (κ1) is 19.3. The molecule has 0 aliphatic heterocycles. The van der Waals surface area contributed by atoms with Gasteiger partial charge in [0.2, 0.25) is 0 Å². The van der Waals surface area contributed by atoms with Gasteiger partial charge in [-0.05, 0) is 60.9 Å². The Balaban J connectivity index is 1.13. The Kier molecular flexibility index (Phi) is 5.43. The second-order valence-electron chi connectivity index (χ2n) is 8.22. The Labute approximate surface area is 171 Å². The van der Waals surface area contributed by atoms with Crippen LogP contribution in [0.1, 0.15) is 41.6 Å². The van der Waals surface area contributed by atoms with Gasteiger partial charge in [0.25, 0.3) is 5.91 Å². The number of carbonyl (C=O) groups excluding carboxylic acids is 2. The molecular weight excluding hydrogens is 366 g/mol. The first-order chi connectivity index (χ1) is 14.0. The summed E-state index contributed by atoms with van der Waals surface area (Å²) >= 11 is 0. The lowest BCUT2D eigenvalue weighted by molar-refractivity contribution is -0.0236. The van der Waals surface area contributed by atoms with Crippen molar-refractivity contribution in [3.05, 3.63) is 65.7 Å². The molecule has 1 spiro atoms. The van der Waals surface area contributed by atoms with Gasteiger partial charge >= 0.3 is 6.03 Å². The van der Waals surface area contributed by atoms with Crippen molar-refractivity contribution in [3.63, 3.8) is 0 Å². The van der Waals surface area contributed by atoms with E-state index in [1.807, 2.05) is 54.6 Å². The van der Waals surface area contributed by atoms with Gasteiger partial charge in [0.1, 0.15) is 5.75 Å². The van der Waals surface area contributed by atoms with Crippen molar-refractivity contribution in [2.24, 2.45) is 5.41 Å². The number of ether oxygens (including phenoxy) is 1. The molecule has 4 rings (SSSR count). The maximum atomic E-state index is 12.2. The Hall–Kier alpha value is -3.02. The van der Waals surface area contributed by atoms with Crippen molar-refractivity contribution in [2.45, 2.75) is 44.3 Å². The average molecular weight is 393 g/mol. The van der Waals surface area contributed by atoms with E-state index >= 15 is 0 Å². The minimum atomic E-state index is -0.131. The molecule has 2 aliphatic rings. The van der Waals surface area contributed by atoms with Crippen LogP contribution in [0.2, 0.25) is 0 Å². The Morgan fingerprint density at radius 3 is 2.17 bits per heavy atom. The zero-order valence-electron chi connectivity index (χ0n) is 16.6. The summed E-state index contributed by atoms with van der Waals surface area (Å²) < 4.78 is 5.13. The molecule has 0 bridgehead atoms. The van der Waals surface area contributed by atoms with Crippen LogP contribution in [0.5, 0.6) is 5.75 Å². The van der Waals surface area contributed by atoms with E-state index in [0.29, 0.717) is 17.5 Å². The fraction of sp³-hybridized carbons (Fsp3) is 0.391. The zero-order valence-corrected chi connectivity index (χ0v) is 16.6. The van der Waals surface area contributed by atoms with Gasteiger partial charge in [-0.1, -0.05) is 30.3 Å². The third kappa shape index (κ3) is 4.53. The molecule has 3 N–H and O–H groups in total. The Bertz CT molecular complexity index is 853. The molecule has 0 saturated heterocycles. The van der Waals surface area contributed by atoms with E-state index < -0.39 is 0 Å². The normalized spacial score (nSPS) is 24.7. The summed E-state index contributed by atoms with van der Waals surface area (Å²) in [6.45, 7) is 0.487. The van der Waals surface area contributed by atoms with Crippen LogP contribution in [0.15, 0.2) is 54.6 Å². The van der Waals surface area contributed by atoms with Crippen LogP contribution in [0, 0.1) is 5.41 Å². The van der Waals surface area contributed by atoms with Crippen molar-refractivity contribution < 1.29 is 14.3 Å². The SMILES string of the molecule is COc1ccc(CNC(=O)NC2CC3(C2)CC(NC(=O)c2ccccc2)C3)cc1. The number of carbonyl (C=O) groups is 2. The first-order valence-corrected chi connectivity index (χ1v) is 10.1. The lowest BCUT2D eigenvalue weighted by atomic mass is 9.52. The van der Waals surface area contributed by atoms with Gasteiger partial charge in [-0.2, -0.15) is 0 Å². The molecule has 2 saturated carbocycles. The third-order valence-corrected chi connectivity index (χ3v) is 6.04. The highest BCUT2D eigenvalue weighted by atomic mass is 16.5. The number of hydrogen-bond acceptors (Lipinski definition) is 3.